The number of anilines is 1. The fourth-order valence-electron chi connectivity index (χ4n) is 1.94. The zero-order valence-electron chi connectivity index (χ0n) is 12.3. The van der Waals surface area contributed by atoms with Crippen LogP contribution in [0, 0.1) is 0 Å². The molecule has 0 unspecified atom stereocenters. The van der Waals surface area contributed by atoms with Gasteiger partial charge < -0.3 is 5.32 Å². The fraction of sp³-hybridized carbons (Fsp3) is 0.571. The summed E-state index contributed by atoms with van der Waals surface area (Å²) in [5, 5.41) is 14.9. The molecule has 0 aromatic carbocycles. The molecular weight excluding hydrogens is 270 g/mol. The molecule has 20 heavy (non-hydrogen) atoms. The van der Waals surface area contributed by atoms with Gasteiger partial charge in [-0.3, -0.25) is 0 Å². The highest BCUT2D eigenvalue weighted by molar-refractivity contribution is 7.09. The number of aryl methyl sites for hydroxylation is 3. The van der Waals surface area contributed by atoms with Crippen LogP contribution in [0.15, 0.2) is 5.38 Å². The summed E-state index contributed by atoms with van der Waals surface area (Å²) in [5.74, 6) is 0.616. The number of thiazole rings is 1. The summed E-state index contributed by atoms with van der Waals surface area (Å²) in [7, 11) is 0. The Morgan fingerprint density at radius 1 is 1.00 bits per heavy atom. The van der Waals surface area contributed by atoms with E-state index in [1.807, 2.05) is 0 Å². The van der Waals surface area contributed by atoms with Crippen molar-refractivity contribution < 1.29 is 0 Å². The van der Waals surface area contributed by atoms with Gasteiger partial charge in [0.05, 0.1) is 22.1 Å². The van der Waals surface area contributed by atoms with E-state index in [9.17, 15) is 0 Å². The molecule has 2 rings (SSSR count). The largest absolute Gasteiger partial charge is 0.353 e. The van der Waals surface area contributed by atoms with Gasteiger partial charge in [0.15, 0.2) is 0 Å². The Kier molecular flexibility index (Phi) is 5.40. The maximum absolute atomic E-state index is 4.54. The lowest BCUT2D eigenvalue weighted by atomic mass is 10.2. The van der Waals surface area contributed by atoms with Gasteiger partial charge in [-0.2, -0.15) is 5.10 Å². The van der Waals surface area contributed by atoms with Gasteiger partial charge in [0, 0.05) is 18.3 Å². The molecule has 0 saturated carbocycles. The summed E-state index contributed by atoms with van der Waals surface area (Å²) in [6, 6.07) is 0. The zero-order chi connectivity index (χ0) is 14.4. The SMILES string of the molecule is CCc1nc(CCNc2nnc(CC)c(CC)n2)cs1. The quantitative estimate of drug-likeness (QED) is 0.849. The molecule has 1 N–H and O–H groups in total. The van der Waals surface area contributed by atoms with E-state index >= 15 is 0 Å². The predicted octanol–water partition coefficient (Wildman–Crippen LogP) is 2.67. The second-order valence-corrected chi connectivity index (χ2v) is 5.44. The fourth-order valence-corrected chi connectivity index (χ4v) is 2.72. The average molecular weight is 291 g/mol. The molecule has 6 heteroatoms. The average Bonchev–Trinajstić information content (AvgIpc) is 2.95. The van der Waals surface area contributed by atoms with Crippen LogP contribution in [0.3, 0.4) is 0 Å². The number of nitrogens with zero attached hydrogens (tertiary/aromatic N) is 4. The molecule has 0 aliphatic rings. The monoisotopic (exact) mass is 291 g/mol. The maximum atomic E-state index is 4.54. The second-order valence-electron chi connectivity index (χ2n) is 4.50. The highest BCUT2D eigenvalue weighted by Gasteiger charge is 2.06. The van der Waals surface area contributed by atoms with Crippen molar-refractivity contribution in [1.29, 1.82) is 0 Å². The van der Waals surface area contributed by atoms with E-state index in [4.69, 9.17) is 0 Å². The van der Waals surface area contributed by atoms with Crippen molar-refractivity contribution >= 4 is 17.3 Å². The standard InChI is InChI=1S/C14H21N5S/c1-4-11-12(5-2)18-19-14(17-11)15-8-7-10-9-20-13(6-3)16-10/h9H,4-8H2,1-3H3,(H,15,17,19). The summed E-state index contributed by atoms with van der Waals surface area (Å²) < 4.78 is 0. The molecule has 2 aromatic rings. The van der Waals surface area contributed by atoms with E-state index in [1.54, 1.807) is 11.3 Å². The third-order valence-electron chi connectivity index (χ3n) is 3.08. The zero-order valence-corrected chi connectivity index (χ0v) is 13.1. The van der Waals surface area contributed by atoms with Crippen LogP contribution in [-0.2, 0) is 25.7 Å². The molecule has 0 radical (unpaired) electrons. The Labute approximate surface area is 123 Å². The first-order chi connectivity index (χ1) is 9.76. The highest BCUT2D eigenvalue weighted by atomic mass is 32.1. The molecule has 0 bridgehead atoms. The number of hydrogen-bond acceptors (Lipinski definition) is 6. The van der Waals surface area contributed by atoms with Gasteiger partial charge in [-0.1, -0.05) is 20.8 Å². The minimum Gasteiger partial charge on any atom is -0.353 e. The van der Waals surface area contributed by atoms with Crippen LogP contribution in [-0.4, -0.2) is 26.7 Å². The maximum Gasteiger partial charge on any atom is 0.242 e. The summed E-state index contributed by atoms with van der Waals surface area (Å²) in [5.41, 5.74) is 3.16. The van der Waals surface area contributed by atoms with Gasteiger partial charge in [-0.15, -0.1) is 16.4 Å². The number of aromatic nitrogens is 4. The lowest BCUT2D eigenvalue weighted by molar-refractivity contribution is 0.815. The molecule has 0 aliphatic carbocycles. The molecule has 2 heterocycles. The van der Waals surface area contributed by atoms with Gasteiger partial charge in [0.1, 0.15) is 0 Å². The van der Waals surface area contributed by atoms with E-state index in [2.05, 4.69) is 51.6 Å². The third kappa shape index (κ3) is 3.72. The van der Waals surface area contributed by atoms with Crippen molar-refractivity contribution in [2.45, 2.75) is 46.5 Å². The topological polar surface area (TPSA) is 63.6 Å². The van der Waals surface area contributed by atoms with Crippen LogP contribution in [0.1, 0.15) is 42.9 Å². The normalized spacial score (nSPS) is 10.8. The Morgan fingerprint density at radius 2 is 1.80 bits per heavy atom. The minimum absolute atomic E-state index is 0.616. The van der Waals surface area contributed by atoms with Gasteiger partial charge in [0.2, 0.25) is 5.95 Å². The molecule has 0 atom stereocenters. The van der Waals surface area contributed by atoms with Crippen molar-refractivity contribution in [1.82, 2.24) is 20.2 Å². The van der Waals surface area contributed by atoms with Crippen molar-refractivity contribution in [2.75, 3.05) is 11.9 Å². The van der Waals surface area contributed by atoms with Crippen LogP contribution in [0.5, 0.6) is 0 Å². The van der Waals surface area contributed by atoms with E-state index in [1.165, 1.54) is 5.01 Å². The smallest absolute Gasteiger partial charge is 0.242 e. The van der Waals surface area contributed by atoms with E-state index in [0.717, 1.165) is 49.3 Å². The molecule has 0 fully saturated rings. The molecular formula is C14H21N5S. The molecule has 0 amide bonds. The van der Waals surface area contributed by atoms with Crippen LogP contribution in [0.25, 0.3) is 0 Å². The van der Waals surface area contributed by atoms with E-state index < -0.39 is 0 Å². The van der Waals surface area contributed by atoms with E-state index in [0.29, 0.717) is 5.95 Å². The molecule has 0 spiro atoms. The van der Waals surface area contributed by atoms with Crippen LogP contribution >= 0.6 is 11.3 Å². The highest BCUT2D eigenvalue weighted by Crippen LogP contribution is 2.11. The molecule has 2 aromatic heterocycles. The van der Waals surface area contributed by atoms with Crippen LogP contribution in [0.2, 0.25) is 0 Å². The molecule has 0 aliphatic heterocycles. The number of hydrogen-bond donors (Lipinski definition) is 1. The van der Waals surface area contributed by atoms with Crippen molar-refractivity contribution in [3.8, 4) is 0 Å². The summed E-state index contributed by atoms with van der Waals surface area (Å²) in [6.45, 7) is 7.07. The molecule has 108 valence electrons. The lowest BCUT2D eigenvalue weighted by Crippen LogP contribution is -2.12. The van der Waals surface area contributed by atoms with Crippen molar-refractivity contribution in [3.05, 3.63) is 27.5 Å². The Balaban J connectivity index is 1.90. The van der Waals surface area contributed by atoms with Crippen LogP contribution in [0.4, 0.5) is 5.95 Å². The van der Waals surface area contributed by atoms with Gasteiger partial charge in [-0.05, 0) is 19.3 Å². The van der Waals surface area contributed by atoms with Crippen LogP contribution < -0.4 is 5.32 Å². The predicted molar refractivity (Wildman–Crippen MR) is 82.3 cm³/mol. The lowest BCUT2D eigenvalue weighted by Gasteiger charge is -2.07. The Bertz CT molecular complexity index is 552. The van der Waals surface area contributed by atoms with E-state index in [-0.39, 0.29) is 0 Å². The van der Waals surface area contributed by atoms with Crippen molar-refractivity contribution in [2.24, 2.45) is 0 Å². The summed E-state index contributed by atoms with van der Waals surface area (Å²) in [4.78, 5) is 9.06. The van der Waals surface area contributed by atoms with Gasteiger partial charge in [-0.25, -0.2) is 9.97 Å². The molecule has 0 saturated heterocycles. The Hall–Kier alpha value is -1.56. The Morgan fingerprint density at radius 3 is 2.45 bits per heavy atom. The first kappa shape index (κ1) is 14.8. The molecule has 5 nitrogen and oxygen atoms in total. The number of nitrogens with one attached hydrogen (secondary N) is 1. The first-order valence-electron chi connectivity index (χ1n) is 7.16. The van der Waals surface area contributed by atoms with Gasteiger partial charge in [0.25, 0.3) is 0 Å². The minimum atomic E-state index is 0.616. The number of rotatable bonds is 7. The third-order valence-corrected chi connectivity index (χ3v) is 4.12. The summed E-state index contributed by atoms with van der Waals surface area (Å²) >= 11 is 1.72. The summed E-state index contributed by atoms with van der Waals surface area (Å²) in [6.07, 6.45) is 3.65. The van der Waals surface area contributed by atoms with Crippen molar-refractivity contribution in [3.63, 3.8) is 0 Å². The first-order valence-corrected chi connectivity index (χ1v) is 8.04. The van der Waals surface area contributed by atoms with Gasteiger partial charge >= 0.3 is 0 Å². The second kappa shape index (κ2) is 7.28.